The number of unbranched alkanes of at least 4 members (excludes halogenated alkanes) is 1. The Hall–Kier alpha value is -2.56. The van der Waals surface area contributed by atoms with E-state index in [1.807, 2.05) is 0 Å². The van der Waals surface area contributed by atoms with Gasteiger partial charge in [0.1, 0.15) is 11.6 Å². The summed E-state index contributed by atoms with van der Waals surface area (Å²) in [6.07, 6.45) is 7.79. The molecule has 0 unspecified atom stereocenters. The number of nitrogens with zero attached hydrogens (tertiary/aromatic N) is 3. The van der Waals surface area contributed by atoms with Gasteiger partial charge in [-0.3, -0.25) is 0 Å². The van der Waals surface area contributed by atoms with Gasteiger partial charge in [-0.05, 0) is 48.8 Å². The van der Waals surface area contributed by atoms with E-state index in [0.717, 1.165) is 49.3 Å². The summed E-state index contributed by atoms with van der Waals surface area (Å²) in [5.41, 5.74) is 12.7. The zero-order chi connectivity index (χ0) is 19.5. The predicted octanol–water partition coefficient (Wildman–Crippen LogP) is 4.24. The van der Waals surface area contributed by atoms with Crippen molar-refractivity contribution in [2.75, 3.05) is 23.8 Å². The summed E-state index contributed by atoms with van der Waals surface area (Å²) >= 11 is 0. The third kappa shape index (κ3) is 3.98. The maximum absolute atomic E-state index is 6.26. The van der Waals surface area contributed by atoms with E-state index < -0.39 is 0 Å². The van der Waals surface area contributed by atoms with Crippen LogP contribution in [0.15, 0.2) is 30.4 Å². The summed E-state index contributed by atoms with van der Waals surface area (Å²) in [7, 11) is 0. The fourth-order valence-corrected chi connectivity index (χ4v) is 4.16. The van der Waals surface area contributed by atoms with Crippen molar-refractivity contribution >= 4 is 11.6 Å². The lowest BCUT2D eigenvalue weighted by Crippen LogP contribution is -2.32. The van der Waals surface area contributed by atoms with Crippen molar-refractivity contribution in [2.45, 2.75) is 58.4 Å². The molecule has 2 aromatic rings. The number of fused-ring (bicyclic) bond motifs is 2. The lowest BCUT2D eigenvalue weighted by atomic mass is 9.90. The highest BCUT2D eigenvalue weighted by molar-refractivity contribution is 5.62. The molecule has 4 rings (SSSR count). The van der Waals surface area contributed by atoms with Gasteiger partial charge in [0.2, 0.25) is 0 Å². The molecule has 2 aliphatic rings. The Labute approximate surface area is 167 Å². The molecule has 0 bridgehead atoms. The van der Waals surface area contributed by atoms with E-state index >= 15 is 0 Å². The molecular formula is C23H30N4O. The third-order valence-electron chi connectivity index (χ3n) is 5.65. The average Bonchev–Trinajstić information content (AvgIpc) is 2.69. The lowest BCUT2D eigenvalue weighted by Gasteiger charge is -2.32. The van der Waals surface area contributed by atoms with Crippen molar-refractivity contribution in [3.8, 4) is 6.01 Å². The van der Waals surface area contributed by atoms with Crippen LogP contribution in [0.1, 0.15) is 54.9 Å². The molecule has 28 heavy (non-hydrogen) atoms. The summed E-state index contributed by atoms with van der Waals surface area (Å²) in [5.74, 6) is 1.40. The number of ether oxygens (including phenoxy) is 1. The van der Waals surface area contributed by atoms with Crippen molar-refractivity contribution < 1.29 is 4.74 Å². The Balaban J connectivity index is 1.60. The van der Waals surface area contributed by atoms with Crippen LogP contribution >= 0.6 is 0 Å². The van der Waals surface area contributed by atoms with Crippen LogP contribution in [-0.4, -0.2) is 23.1 Å². The van der Waals surface area contributed by atoms with Gasteiger partial charge in [0.25, 0.3) is 0 Å². The first-order valence-electron chi connectivity index (χ1n) is 10.5. The molecule has 0 saturated heterocycles. The van der Waals surface area contributed by atoms with E-state index in [0.29, 0.717) is 18.4 Å². The Bertz CT molecular complexity index is 877. The lowest BCUT2D eigenvalue weighted by molar-refractivity contribution is 0.285. The fourth-order valence-electron chi connectivity index (χ4n) is 4.16. The fraction of sp³-hybridized carbons (Fsp3) is 0.478. The molecule has 2 N–H and O–H groups in total. The minimum Gasteiger partial charge on any atom is -0.463 e. The van der Waals surface area contributed by atoms with E-state index in [9.17, 15) is 0 Å². The summed E-state index contributed by atoms with van der Waals surface area (Å²) < 4.78 is 5.74. The number of nitrogen functional groups attached to an aromatic ring is 1. The number of hydrogen-bond donors (Lipinski definition) is 1. The summed E-state index contributed by atoms with van der Waals surface area (Å²) in [6, 6.07) is 7.31. The molecule has 0 saturated carbocycles. The quantitative estimate of drug-likeness (QED) is 0.602. The van der Waals surface area contributed by atoms with Crippen molar-refractivity contribution in [1.29, 1.82) is 0 Å². The second kappa shape index (κ2) is 8.21. The van der Waals surface area contributed by atoms with Crippen LogP contribution in [0, 0.1) is 0 Å². The number of benzene rings is 1. The molecule has 0 radical (unpaired) electrons. The number of hydrogen-bond acceptors (Lipinski definition) is 5. The normalized spacial score (nSPS) is 15.9. The molecule has 5 nitrogen and oxygen atoms in total. The molecule has 2 heterocycles. The second-order valence-electron chi connectivity index (χ2n) is 7.99. The van der Waals surface area contributed by atoms with E-state index in [2.05, 4.69) is 41.6 Å². The van der Waals surface area contributed by atoms with Crippen LogP contribution in [0.2, 0.25) is 0 Å². The highest BCUT2D eigenvalue weighted by Gasteiger charge is 2.25. The Morgan fingerprint density at radius 1 is 1.18 bits per heavy atom. The van der Waals surface area contributed by atoms with E-state index in [1.165, 1.54) is 42.4 Å². The minimum absolute atomic E-state index is 0.382. The average molecular weight is 379 g/mol. The van der Waals surface area contributed by atoms with Crippen molar-refractivity contribution in [3.05, 3.63) is 52.6 Å². The highest BCUT2D eigenvalue weighted by Crippen LogP contribution is 2.33. The molecule has 0 atom stereocenters. The third-order valence-corrected chi connectivity index (χ3v) is 5.65. The Kier molecular flexibility index (Phi) is 5.51. The number of anilines is 2. The summed E-state index contributed by atoms with van der Waals surface area (Å²) in [4.78, 5) is 11.3. The van der Waals surface area contributed by atoms with Crippen molar-refractivity contribution in [2.24, 2.45) is 0 Å². The van der Waals surface area contributed by atoms with Crippen LogP contribution in [0.3, 0.4) is 0 Å². The number of aromatic nitrogens is 2. The van der Waals surface area contributed by atoms with Gasteiger partial charge in [-0.2, -0.15) is 9.97 Å². The number of nitrogens with two attached hydrogens (primary N) is 1. The SMILES string of the molecule is C=C1Cc2c(N)nc(OCCCC)nc2N(Cc2ccc3c(c2)CCCC3)C1. The smallest absolute Gasteiger partial charge is 0.320 e. The van der Waals surface area contributed by atoms with Crippen LogP contribution in [0.5, 0.6) is 6.01 Å². The molecule has 1 aromatic carbocycles. The molecule has 0 fully saturated rings. The van der Waals surface area contributed by atoms with Crippen LogP contribution in [0.25, 0.3) is 0 Å². The molecule has 1 aliphatic carbocycles. The van der Waals surface area contributed by atoms with Crippen LogP contribution in [-0.2, 0) is 25.8 Å². The molecular weight excluding hydrogens is 348 g/mol. The van der Waals surface area contributed by atoms with Crippen molar-refractivity contribution in [3.63, 3.8) is 0 Å². The van der Waals surface area contributed by atoms with Crippen LogP contribution in [0.4, 0.5) is 11.6 Å². The van der Waals surface area contributed by atoms with Gasteiger partial charge in [0.05, 0.1) is 6.61 Å². The maximum atomic E-state index is 6.26. The maximum Gasteiger partial charge on any atom is 0.320 e. The number of rotatable bonds is 6. The largest absolute Gasteiger partial charge is 0.463 e. The van der Waals surface area contributed by atoms with E-state index in [-0.39, 0.29) is 0 Å². The molecule has 0 amide bonds. The topological polar surface area (TPSA) is 64.3 Å². The van der Waals surface area contributed by atoms with Crippen molar-refractivity contribution in [1.82, 2.24) is 9.97 Å². The molecule has 148 valence electrons. The van der Waals surface area contributed by atoms with Gasteiger partial charge in [0.15, 0.2) is 0 Å². The number of aryl methyl sites for hydroxylation is 2. The van der Waals surface area contributed by atoms with E-state index in [1.54, 1.807) is 0 Å². The first kappa shape index (κ1) is 18.8. The van der Waals surface area contributed by atoms with Crippen LogP contribution < -0.4 is 15.4 Å². The molecule has 1 aromatic heterocycles. The summed E-state index contributed by atoms with van der Waals surface area (Å²) in [6.45, 7) is 8.55. The zero-order valence-corrected chi connectivity index (χ0v) is 16.8. The minimum atomic E-state index is 0.382. The molecule has 1 aliphatic heterocycles. The monoisotopic (exact) mass is 378 g/mol. The van der Waals surface area contributed by atoms with Gasteiger partial charge in [-0.15, -0.1) is 0 Å². The van der Waals surface area contributed by atoms with Gasteiger partial charge in [-0.1, -0.05) is 43.7 Å². The molecule has 5 heteroatoms. The standard InChI is InChI=1S/C23H30N4O/c1-3-4-11-28-23-25-21(24)20-12-16(2)14-27(22(20)26-23)15-17-9-10-18-7-5-6-8-19(18)13-17/h9-10,13H,2-8,11-12,14-15H2,1H3,(H2,24,25,26). The van der Waals surface area contributed by atoms with Gasteiger partial charge in [-0.25, -0.2) is 0 Å². The Morgan fingerprint density at radius 2 is 2.00 bits per heavy atom. The zero-order valence-electron chi connectivity index (χ0n) is 16.8. The van der Waals surface area contributed by atoms with Gasteiger partial charge >= 0.3 is 6.01 Å². The first-order chi connectivity index (χ1) is 13.6. The second-order valence-corrected chi connectivity index (χ2v) is 7.99. The predicted molar refractivity (Wildman–Crippen MR) is 114 cm³/mol. The van der Waals surface area contributed by atoms with E-state index in [4.69, 9.17) is 15.5 Å². The van der Waals surface area contributed by atoms with Gasteiger partial charge in [0, 0.05) is 25.1 Å². The summed E-state index contributed by atoms with van der Waals surface area (Å²) in [5, 5.41) is 0. The molecule has 0 spiro atoms. The highest BCUT2D eigenvalue weighted by atomic mass is 16.5. The first-order valence-corrected chi connectivity index (χ1v) is 10.5. The Morgan fingerprint density at radius 3 is 2.82 bits per heavy atom. The van der Waals surface area contributed by atoms with Gasteiger partial charge < -0.3 is 15.4 Å².